The van der Waals surface area contributed by atoms with E-state index in [2.05, 4.69) is 12.1 Å². The lowest BCUT2D eigenvalue weighted by Crippen LogP contribution is -1.96. The Morgan fingerprint density at radius 2 is 1.87 bits per heavy atom. The van der Waals surface area contributed by atoms with Crippen LogP contribution in [-0.4, -0.2) is 0 Å². The normalized spacial score (nSPS) is 12.0. The topological polar surface area (TPSA) is 33.0 Å². The highest BCUT2D eigenvalue weighted by Crippen LogP contribution is 2.25. The van der Waals surface area contributed by atoms with Gasteiger partial charge in [-0.3, -0.25) is 0 Å². The van der Waals surface area contributed by atoms with Gasteiger partial charge in [-0.1, -0.05) is 42.5 Å². The summed E-state index contributed by atoms with van der Waals surface area (Å²) in [5.41, 5.74) is 1.05. The maximum absolute atomic E-state index is 8.50. The van der Waals surface area contributed by atoms with Crippen molar-refractivity contribution < 1.29 is 4.74 Å². The molecule has 15 heavy (non-hydrogen) atoms. The fourth-order valence-corrected chi connectivity index (χ4v) is 1.75. The summed E-state index contributed by atoms with van der Waals surface area (Å²) < 4.78 is 4.94. The number of nitrogens with zero attached hydrogens (tertiary/aromatic N) is 1. The number of ether oxygens (including phenoxy) is 1. The number of hydrogen-bond donors (Lipinski definition) is 0. The molecule has 0 unspecified atom stereocenters. The number of nitriles is 1. The molecular weight excluding hydrogens is 186 g/mol. The largest absolute Gasteiger partial charge is 0.420 e. The Morgan fingerprint density at radius 1 is 1.13 bits per heavy atom. The van der Waals surface area contributed by atoms with Gasteiger partial charge in [-0.05, 0) is 17.7 Å². The molecule has 0 N–H and O–H groups in total. The lowest BCUT2D eigenvalue weighted by molar-refractivity contribution is 0.184. The van der Waals surface area contributed by atoms with E-state index < -0.39 is 0 Å². The third-order valence-corrected chi connectivity index (χ3v) is 2.49. The third-order valence-electron chi connectivity index (χ3n) is 2.49. The van der Waals surface area contributed by atoms with E-state index in [1.54, 1.807) is 6.26 Å². The SMILES string of the molecule is C[C@H](OC#N)c1cccc2ccccc12. The second kappa shape index (κ2) is 4.02. The van der Waals surface area contributed by atoms with Crippen LogP contribution in [0, 0.1) is 11.5 Å². The van der Waals surface area contributed by atoms with Crippen molar-refractivity contribution in [2.45, 2.75) is 13.0 Å². The van der Waals surface area contributed by atoms with Gasteiger partial charge < -0.3 is 4.74 Å². The van der Waals surface area contributed by atoms with Crippen LogP contribution in [0.2, 0.25) is 0 Å². The Labute approximate surface area is 88.7 Å². The maximum atomic E-state index is 8.50. The zero-order valence-electron chi connectivity index (χ0n) is 8.47. The van der Waals surface area contributed by atoms with Crippen LogP contribution in [0.5, 0.6) is 0 Å². The van der Waals surface area contributed by atoms with Gasteiger partial charge in [0.1, 0.15) is 6.10 Å². The van der Waals surface area contributed by atoms with Crippen molar-refractivity contribution in [3.8, 4) is 6.26 Å². The van der Waals surface area contributed by atoms with E-state index in [1.807, 2.05) is 37.3 Å². The van der Waals surface area contributed by atoms with Crippen LogP contribution in [0.4, 0.5) is 0 Å². The molecule has 2 aromatic carbocycles. The van der Waals surface area contributed by atoms with Crippen LogP contribution < -0.4 is 0 Å². The molecule has 0 fully saturated rings. The summed E-state index contributed by atoms with van der Waals surface area (Å²) >= 11 is 0. The Hall–Kier alpha value is -2.01. The fraction of sp³-hybridized carbons (Fsp3) is 0.154. The lowest BCUT2D eigenvalue weighted by atomic mass is 10.0. The summed E-state index contributed by atoms with van der Waals surface area (Å²) in [5, 5.41) is 10.8. The van der Waals surface area contributed by atoms with Crippen LogP contribution in [0.25, 0.3) is 10.8 Å². The molecule has 0 amide bonds. The van der Waals surface area contributed by atoms with E-state index in [0.717, 1.165) is 10.9 Å². The van der Waals surface area contributed by atoms with Crippen molar-refractivity contribution in [1.82, 2.24) is 0 Å². The Bertz CT molecular complexity index is 508. The molecular formula is C13H11NO. The zero-order chi connectivity index (χ0) is 10.7. The monoisotopic (exact) mass is 197 g/mol. The number of benzene rings is 2. The predicted octanol–water partition coefficient (Wildman–Crippen LogP) is 3.40. The smallest absolute Gasteiger partial charge is 0.286 e. The highest BCUT2D eigenvalue weighted by molar-refractivity contribution is 5.85. The highest BCUT2D eigenvalue weighted by Gasteiger charge is 2.08. The van der Waals surface area contributed by atoms with Gasteiger partial charge >= 0.3 is 0 Å². The van der Waals surface area contributed by atoms with E-state index in [0.29, 0.717) is 0 Å². The van der Waals surface area contributed by atoms with E-state index in [-0.39, 0.29) is 6.10 Å². The summed E-state index contributed by atoms with van der Waals surface area (Å²) in [7, 11) is 0. The summed E-state index contributed by atoms with van der Waals surface area (Å²) in [5.74, 6) is 0. The molecule has 0 aliphatic rings. The van der Waals surface area contributed by atoms with E-state index in [1.165, 1.54) is 5.39 Å². The molecule has 74 valence electrons. The van der Waals surface area contributed by atoms with Crippen LogP contribution in [-0.2, 0) is 4.74 Å². The maximum Gasteiger partial charge on any atom is 0.286 e. The molecule has 2 aromatic rings. The van der Waals surface area contributed by atoms with Crippen molar-refractivity contribution >= 4 is 10.8 Å². The molecule has 0 saturated heterocycles. The van der Waals surface area contributed by atoms with Gasteiger partial charge in [0.15, 0.2) is 0 Å². The van der Waals surface area contributed by atoms with Gasteiger partial charge in [-0.25, -0.2) is 0 Å². The molecule has 2 nitrogen and oxygen atoms in total. The number of rotatable bonds is 2. The molecule has 0 bridgehead atoms. The summed E-state index contributed by atoms with van der Waals surface area (Å²) in [6.07, 6.45) is 1.54. The lowest BCUT2D eigenvalue weighted by Gasteiger charge is -2.11. The first kappa shape index (κ1) is 9.54. The molecule has 0 saturated carbocycles. The third kappa shape index (κ3) is 1.77. The summed E-state index contributed by atoms with van der Waals surface area (Å²) in [6, 6.07) is 14.1. The highest BCUT2D eigenvalue weighted by atomic mass is 16.5. The summed E-state index contributed by atoms with van der Waals surface area (Å²) in [4.78, 5) is 0. The van der Waals surface area contributed by atoms with Gasteiger partial charge in [-0.15, -0.1) is 0 Å². The number of hydrogen-bond acceptors (Lipinski definition) is 2. The van der Waals surface area contributed by atoms with Crippen LogP contribution in [0.15, 0.2) is 42.5 Å². The molecule has 0 aliphatic carbocycles. The minimum atomic E-state index is -0.193. The molecule has 1 atom stereocenters. The Morgan fingerprint density at radius 3 is 2.67 bits per heavy atom. The van der Waals surface area contributed by atoms with E-state index in [4.69, 9.17) is 10.00 Å². The first-order chi connectivity index (χ1) is 7.33. The second-order valence-corrected chi connectivity index (χ2v) is 3.42. The molecule has 2 rings (SSSR count). The van der Waals surface area contributed by atoms with E-state index >= 15 is 0 Å². The first-order valence-corrected chi connectivity index (χ1v) is 4.85. The van der Waals surface area contributed by atoms with Gasteiger partial charge in [0.05, 0.1) is 0 Å². The Kier molecular flexibility index (Phi) is 2.55. The van der Waals surface area contributed by atoms with Crippen molar-refractivity contribution in [2.24, 2.45) is 0 Å². The minimum Gasteiger partial charge on any atom is -0.420 e. The van der Waals surface area contributed by atoms with Gasteiger partial charge in [0.25, 0.3) is 6.26 Å². The average molecular weight is 197 g/mol. The zero-order valence-corrected chi connectivity index (χ0v) is 8.47. The van der Waals surface area contributed by atoms with Crippen LogP contribution >= 0.6 is 0 Å². The molecule has 2 heteroatoms. The van der Waals surface area contributed by atoms with Crippen LogP contribution in [0.1, 0.15) is 18.6 Å². The van der Waals surface area contributed by atoms with Gasteiger partial charge in [0, 0.05) is 5.56 Å². The molecule has 0 radical (unpaired) electrons. The molecule has 0 aliphatic heterocycles. The predicted molar refractivity (Wildman–Crippen MR) is 59.1 cm³/mol. The van der Waals surface area contributed by atoms with Crippen molar-refractivity contribution in [3.63, 3.8) is 0 Å². The quantitative estimate of drug-likeness (QED) is 0.691. The molecule has 0 aromatic heterocycles. The summed E-state index contributed by atoms with van der Waals surface area (Å²) in [6.45, 7) is 1.88. The Balaban J connectivity index is 2.56. The fourth-order valence-electron chi connectivity index (χ4n) is 1.75. The van der Waals surface area contributed by atoms with Crippen molar-refractivity contribution in [1.29, 1.82) is 5.26 Å². The molecule has 0 heterocycles. The molecule has 0 spiro atoms. The van der Waals surface area contributed by atoms with Gasteiger partial charge in [0.2, 0.25) is 0 Å². The first-order valence-electron chi connectivity index (χ1n) is 4.85. The average Bonchev–Trinajstić information content (AvgIpc) is 2.28. The van der Waals surface area contributed by atoms with Crippen LogP contribution in [0.3, 0.4) is 0 Å². The van der Waals surface area contributed by atoms with Crippen molar-refractivity contribution in [2.75, 3.05) is 0 Å². The van der Waals surface area contributed by atoms with Crippen molar-refractivity contribution in [3.05, 3.63) is 48.0 Å². The van der Waals surface area contributed by atoms with Gasteiger partial charge in [-0.2, -0.15) is 5.26 Å². The minimum absolute atomic E-state index is 0.193. The van der Waals surface area contributed by atoms with E-state index in [9.17, 15) is 0 Å². The standard InChI is InChI=1S/C13H11NO/c1-10(15-9-14)12-8-4-6-11-5-2-3-7-13(11)12/h2-8,10H,1H3/t10-/m0/s1. The number of fused-ring (bicyclic) bond motifs is 1. The second-order valence-electron chi connectivity index (χ2n) is 3.42.